The molecule has 0 saturated heterocycles. The van der Waals surface area contributed by atoms with Crippen LogP contribution in [0.15, 0.2) is 11.6 Å². The summed E-state index contributed by atoms with van der Waals surface area (Å²) in [5.41, 5.74) is 0.508. The van der Waals surface area contributed by atoms with Crippen molar-refractivity contribution in [3.63, 3.8) is 0 Å². The van der Waals surface area contributed by atoms with Crippen LogP contribution in [-0.4, -0.2) is 17.9 Å². The van der Waals surface area contributed by atoms with E-state index in [-0.39, 0.29) is 47.9 Å². The fraction of sp³-hybridized carbons (Fsp3) is 0.692. The summed E-state index contributed by atoms with van der Waals surface area (Å²) >= 11 is 0. The summed E-state index contributed by atoms with van der Waals surface area (Å²) in [4.78, 5) is 22.6. The van der Waals surface area contributed by atoms with Crippen molar-refractivity contribution in [3.8, 4) is 0 Å². The van der Waals surface area contributed by atoms with Crippen molar-refractivity contribution in [2.45, 2.75) is 51.5 Å². The molecule has 1 amide bonds. The van der Waals surface area contributed by atoms with Gasteiger partial charge in [0, 0.05) is 23.8 Å². The Morgan fingerprint density at radius 1 is 1.50 bits per heavy atom. The number of rotatable bonds is 4. The number of carboxylic acids is 1. The molecule has 1 saturated carbocycles. The van der Waals surface area contributed by atoms with E-state index in [1.54, 1.807) is 0 Å². The van der Waals surface area contributed by atoms with Gasteiger partial charge in [0.2, 0.25) is 5.91 Å². The van der Waals surface area contributed by atoms with Gasteiger partial charge in [0.1, 0.15) is 0 Å². The number of amides is 1. The first kappa shape index (κ1) is 15.7. The molecule has 1 fully saturated rings. The SMILES string of the molecule is CC1=CC[C@H](NC(=O)CC2(C(=O)[O-])CC2)CC1.[Na+]. The summed E-state index contributed by atoms with van der Waals surface area (Å²) in [5.74, 6) is -1.23. The zero-order valence-corrected chi connectivity index (χ0v) is 13.1. The van der Waals surface area contributed by atoms with Crippen LogP contribution in [0.2, 0.25) is 0 Å². The second-order valence-electron chi connectivity index (χ2n) is 5.33. The molecule has 1 atom stereocenters. The Balaban J connectivity index is 0.00000162. The monoisotopic (exact) mass is 259 g/mol. The molecular formula is C13H18NNaO3. The van der Waals surface area contributed by atoms with Gasteiger partial charge in [-0.15, -0.1) is 0 Å². The van der Waals surface area contributed by atoms with Gasteiger partial charge in [-0.3, -0.25) is 4.79 Å². The molecule has 1 N–H and O–H groups in total. The van der Waals surface area contributed by atoms with E-state index in [2.05, 4.69) is 18.3 Å². The van der Waals surface area contributed by atoms with Gasteiger partial charge in [-0.05, 0) is 39.0 Å². The smallest absolute Gasteiger partial charge is 0.550 e. The number of allylic oxidation sites excluding steroid dienone is 1. The number of hydrogen-bond acceptors (Lipinski definition) is 3. The zero-order valence-electron chi connectivity index (χ0n) is 11.1. The summed E-state index contributed by atoms with van der Waals surface area (Å²) in [7, 11) is 0. The predicted molar refractivity (Wildman–Crippen MR) is 60.8 cm³/mol. The molecule has 2 aliphatic carbocycles. The van der Waals surface area contributed by atoms with Crippen molar-refractivity contribution in [2.75, 3.05) is 0 Å². The number of hydrogen-bond donors (Lipinski definition) is 1. The Bertz CT molecular complexity index is 374. The average Bonchev–Trinajstić information content (AvgIpc) is 3.02. The molecule has 0 unspecified atom stereocenters. The van der Waals surface area contributed by atoms with E-state index in [9.17, 15) is 14.7 Å². The summed E-state index contributed by atoms with van der Waals surface area (Å²) in [6.45, 7) is 2.09. The van der Waals surface area contributed by atoms with Crippen molar-refractivity contribution in [2.24, 2.45) is 5.41 Å². The van der Waals surface area contributed by atoms with E-state index >= 15 is 0 Å². The second kappa shape index (κ2) is 6.22. The van der Waals surface area contributed by atoms with Crippen LogP contribution in [0, 0.1) is 5.41 Å². The third kappa shape index (κ3) is 3.84. The molecule has 5 heteroatoms. The van der Waals surface area contributed by atoms with E-state index in [1.165, 1.54) is 5.57 Å². The maximum absolute atomic E-state index is 11.7. The largest absolute Gasteiger partial charge is 1.00 e. The quantitative estimate of drug-likeness (QED) is 0.449. The van der Waals surface area contributed by atoms with Gasteiger partial charge in [-0.25, -0.2) is 0 Å². The minimum absolute atomic E-state index is 0. The van der Waals surface area contributed by atoms with E-state index in [0.29, 0.717) is 12.8 Å². The van der Waals surface area contributed by atoms with Crippen LogP contribution in [0.25, 0.3) is 0 Å². The van der Waals surface area contributed by atoms with Crippen molar-refractivity contribution >= 4 is 11.9 Å². The fourth-order valence-corrected chi connectivity index (χ4v) is 2.29. The van der Waals surface area contributed by atoms with E-state index in [1.807, 2.05) is 0 Å². The average molecular weight is 259 g/mol. The Labute approximate surface area is 129 Å². The van der Waals surface area contributed by atoms with E-state index < -0.39 is 11.4 Å². The van der Waals surface area contributed by atoms with Gasteiger partial charge in [0.25, 0.3) is 0 Å². The number of aliphatic carboxylic acids is 1. The normalized spacial score (nSPS) is 24.5. The molecule has 0 spiro atoms. The van der Waals surface area contributed by atoms with Crippen molar-refractivity contribution in [1.29, 1.82) is 0 Å². The standard InChI is InChI=1S/C13H19NO3.Na/c1-9-2-4-10(5-3-9)14-11(15)8-13(6-7-13)12(16)17;/h2,10H,3-8H2,1H3,(H,14,15)(H,16,17);/q;+1/p-1/t10-;/m0./s1. The Hall–Kier alpha value is -0.320. The molecule has 0 aromatic carbocycles. The Morgan fingerprint density at radius 3 is 2.61 bits per heavy atom. The first-order valence-electron chi connectivity index (χ1n) is 6.18. The van der Waals surface area contributed by atoms with Crippen LogP contribution in [-0.2, 0) is 9.59 Å². The second-order valence-corrected chi connectivity index (χ2v) is 5.33. The Morgan fingerprint density at radius 2 is 2.17 bits per heavy atom. The molecule has 0 aromatic heterocycles. The zero-order chi connectivity index (χ0) is 12.5. The molecule has 2 aliphatic rings. The van der Waals surface area contributed by atoms with Crippen LogP contribution in [0.5, 0.6) is 0 Å². The molecule has 0 aliphatic heterocycles. The van der Waals surface area contributed by atoms with E-state index in [0.717, 1.165) is 19.3 Å². The van der Waals surface area contributed by atoms with Gasteiger partial charge in [-0.2, -0.15) is 0 Å². The van der Waals surface area contributed by atoms with Gasteiger partial charge in [0.05, 0.1) is 0 Å². The first-order chi connectivity index (χ1) is 8.02. The number of carbonyl (C=O) groups is 2. The molecular weight excluding hydrogens is 241 g/mol. The van der Waals surface area contributed by atoms with Gasteiger partial charge in [-0.1, -0.05) is 11.6 Å². The molecule has 18 heavy (non-hydrogen) atoms. The third-order valence-corrected chi connectivity index (χ3v) is 3.79. The van der Waals surface area contributed by atoms with Crippen LogP contribution in [0.3, 0.4) is 0 Å². The summed E-state index contributed by atoms with van der Waals surface area (Å²) < 4.78 is 0. The molecule has 0 heterocycles. The summed E-state index contributed by atoms with van der Waals surface area (Å²) in [6.07, 6.45) is 6.19. The van der Waals surface area contributed by atoms with Crippen LogP contribution >= 0.6 is 0 Å². The molecule has 2 rings (SSSR count). The van der Waals surface area contributed by atoms with Crippen LogP contribution in [0.1, 0.15) is 45.4 Å². The maximum atomic E-state index is 11.7. The van der Waals surface area contributed by atoms with Crippen molar-refractivity contribution in [3.05, 3.63) is 11.6 Å². The molecule has 0 bridgehead atoms. The molecule has 0 radical (unpaired) electrons. The minimum Gasteiger partial charge on any atom is -0.550 e. The molecule has 0 aromatic rings. The first-order valence-corrected chi connectivity index (χ1v) is 6.18. The minimum atomic E-state index is -1.08. The van der Waals surface area contributed by atoms with Gasteiger partial charge in [0.15, 0.2) is 0 Å². The molecule has 4 nitrogen and oxygen atoms in total. The molecule has 94 valence electrons. The van der Waals surface area contributed by atoms with E-state index in [4.69, 9.17) is 0 Å². The summed E-state index contributed by atoms with van der Waals surface area (Å²) in [5, 5.41) is 13.8. The number of carbonyl (C=O) groups excluding carboxylic acids is 2. The maximum Gasteiger partial charge on any atom is 1.00 e. The Kier molecular flexibility index (Phi) is 5.44. The van der Waals surface area contributed by atoms with Crippen LogP contribution < -0.4 is 40.0 Å². The van der Waals surface area contributed by atoms with Crippen molar-refractivity contribution in [1.82, 2.24) is 5.32 Å². The summed E-state index contributed by atoms with van der Waals surface area (Å²) in [6, 6.07) is 0.170. The van der Waals surface area contributed by atoms with Crippen LogP contribution in [0.4, 0.5) is 0 Å². The topological polar surface area (TPSA) is 69.2 Å². The predicted octanol–water partition coefficient (Wildman–Crippen LogP) is -2.47. The van der Waals surface area contributed by atoms with Gasteiger partial charge < -0.3 is 15.2 Å². The fourth-order valence-electron chi connectivity index (χ4n) is 2.29. The number of carboxylic acid groups (broad SMARTS) is 1. The van der Waals surface area contributed by atoms with Gasteiger partial charge >= 0.3 is 29.6 Å². The third-order valence-electron chi connectivity index (χ3n) is 3.79. The van der Waals surface area contributed by atoms with Crippen molar-refractivity contribution < 1.29 is 44.3 Å². The number of nitrogens with one attached hydrogen (secondary N) is 1.